The average Bonchev–Trinajstić information content (AvgIpc) is 2.92. The molecule has 2 heteroatoms. The summed E-state index contributed by atoms with van der Waals surface area (Å²) in [5.74, 6) is 1.74. The van der Waals surface area contributed by atoms with Gasteiger partial charge < -0.3 is 4.42 Å². The number of nitrogens with zero attached hydrogens (tertiary/aromatic N) is 1. The fourth-order valence-electron chi connectivity index (χ4n) is 3.11. The minimum Gasteiger partial charge on any atom is -0.467 e. The highest BCUT2D eigenvalue weighted by molar-refractivity contribution is 5.31. The van der Waals surface area contributed by atoms with Crippen LogP contribution in [0.25, 0.3) is 0 Å². The fraction of sp³-hybridized carbons (Fsp3) is 0.375. The zero-order valence-electron chi connectivity index (χ0n) is 10.6. The second-order valence-electron chi connectivity index (χ2n) is 5.02. The quantitative estimate of drug-likeness (QED) is 0.750. The summed E-state index contributed by atoms with van der Waals surface area (Å²) in [6.07, 6.45) is 12.9. The van der Waals surface area contributed by atoms with E-state index in [1.54, 1.807) is 6.26 Å². The third kappa shape index (κ3) is 1.97. The Labute approximate surface area is 108 Å². The molecule has 2 aliphatic rings. The first kappa shape index (κ1) is 11.5. The topological polar surface area (TPSA) is 16.4 Å². The summed E-state index contributed by atoms with van der Waals surface area (Å²) in [5.41, 5.74) is 1.50. The van der Waals surface area contributed by atoms with Crippen LogP contribution in [-0.4, -0.2) is 18.0 Å². The molecule has 94 valence electrons. The predicted molar refractivity (Wildman–Crippen MR) is 73.2 cm³/mol. The van der Waals surface area contributed by atoms with Crippen LogP contribution in [0.1, 0.15) is 24.6 Å². The van der Waals surface area contributed by atoms with E-state index in [1.165, 1.54) is 18.4 Å². The molecule has 0 spiro atoms. The Hall–Kier alpha value is -1.54. The number of allylic oxidation sites excluding steroid dienone is 3. The molecule has 2 nitrogen and oxygen atoms in total. The van der Waals surface area contributed by atoms with Crippen molar-refractivity contribution in [2.75, 3.05) is 13.1 Å². The van der Waals surface area contributed by atoms with Crippen molar-refractivity contribution >= 4 is 0 Å². The normalized spacial score (nSPS) is 27.7. The number of hydrogen-bond acceptors (Lipinski definition) is 2. The van der Waals surface area contributed by atoms with Crippen LogP contribution in [0.4, 0.5) is 0 Å². The van der Waals surface area contributed by atoms with Crippen molar-refractivity contribution in [1.29, 1.82) is 0 Å². The molecule has 3 rings (SSSR count). The molecule has 2 atom stereocenters. The Morgan fingerprint density at radius 3 is 3.22 bits per heavy atom. The highest BCUT2D eigenvalue weighted by Crippen LogP contribution is 2.42. The molecule has 0 amide bonds. The maximum Gasteiger partial charge on any atom is 0.125 e. The van der Waals surface area contributed by atoms with Gasteiger partial charge in [0.05, 0.1) is 12.3 Å². The lowest BCUT2D eigenvalue weighted by Crippen LogP contribution is -2.39. The summed E-state index contributed by atoms with van der Waals surface area (Å²) in [6.45, 7) is 5.90. The van der Waals surface area contributed by atoms with Crippen LogP contribution in [0.2, 0.25) is 0 Å². The van der Waals surface area contributed by atoms with Crippen molar-refractivity contribution in [3.05, 3.63) is 60.6 Å². The van der Waals surface area contributed by atoms with E-state index >= 15 is 0 Å². The zero-order valence-corrected chi connectivity index (χ0v) is 10.6. The molecule has 1 aliphatic carbocycles. The number of piperidine rings is 1. The average molecular weight is 241 g/mol. The van der Waals surface area contributed by atoms with Gasteiger partial charge in [0.1, 0.15) is 5.76 Å². The van der Waals surface area contributed by atoms with Gasteiger partial charge >= 0.3 is 0 Å². The van der Waals surface area contributed by atoms with Crippen molar-refractivity contribution in [3.63, 3.8) is 0 Å². The summed E-state index contributed by atoms with van der Waals surface area (Å²) < 4.78 is 5.66. The Bertz CT molecular complexity index is 469. The summed E-state index contributed by atoms with van der Waals surface area (Å²) in [5, 5.41) is 0. The van der Waals surface area contributed by atoms with Crippen LogP contribution < -0.4 is 0 Å². The van der Waals surface area contributed by atoms with Gasteiger partial charge in [-0.2, -0.15) is 0 Å². The molecule has 1 aromatic rings. The predicted octanol–water partition coefficient (Wildman–Crippen LogP) is 3.71. The van der Waals surface area contributed by atoms with Crippen LogP contribution in [0.15, 0.2) is 59.3 Å². The SMILES string of the molecule is C=CCN1CCC2CC=CC=C2C1c1ccco1. The number of rotatable bonds is 3. The van der Waals surface area contributed by atoms with Crippen LogP contribution in [0.5, 0.6) is 0 Å². The molecule has 0 N–H and O–H groups in total. The van der Waals surface area contributed by atoms with E-state index in [1.807, 2.05) is 12.1 Å². The fourth-order valence-corrected chi connectivity index (χ4v) is 3.11. The third-order valence-electron chi connectivity index (χ3n) is 3.94. The van der Waals surface area contributed by atoms with Crippen molar-refractivity contribution in [2.24, 2.45) is 5.92 Å². The lowest BCUT2D eigenvalue weighted by Gasteiger charge is -2.41. The number of furan rings is 1. The molecular weight excluding hydrogens is 222 g/mol. The minimum atomic E-state index is 0.293. The molecule has 0 saturated carbocycles. The summed E-state index contributed by atoms with van der Waals surface area (Å²) in [6, 6.07) is 4.36. The molecule has 2 unspecified atom stereocenters. The van der Waals surface area contributed by atoms with E-state index in [0.717, 1.165) is 18.8 Å². The van der Waals surface area contributed by atoms with Gasteiger partial charge in [0.25, 0.3) is 0 Å². The van der Waals surface area contributed by atoms with Gasteiger partial charge in [-0.05, 0) is 36.5 Å². The molecule has 1 fully saturated rings. The lowest BCUT2D eigenvalue weighted by atomic mass is 9.79. The Morgan fingerprint density at radius 1 is 1.50 bits per heavy atom. The molecule has 0 bridgehead atoms. The molecular formula is C16H19NO. The molecule has 1 aromatic heterocycles. The molecule has 2 heterocycles. The highest BCUT2D eigenvalue weighted by atomic mass is 16.3. The van der Waals surface area contributed by atoms with E-state index in [-0.39, 0.29) is 0 Å². The van der Waals surface area contributed by atoms with E-state index < -0.39 is 0 Å². The standard InChI is InChI=1S/C16H19NO/c1-2-10-17-11-9-13-6-3-4-7-14(13)16(17)15-8-5-12-18-15/h2-5,7-8,12-13,16H,1,6,9-11H2. The second-order valence-corrected chi connectivity index (χ2v) is 5.02. The van der Waals surface area contributed by atoms with Crippen molar-refractivity contribution in [2.45, 2.75) is 18.9 Å². The summed E-state index contributed by atoms with van der Waals surface area (Å²) in [7, 11) is 0. The van der Waals surface area contributed by atoms with Gasteiger partial charge in [0.15, 0.2) is 0 Å². The van der Waals surface area contributed by atoms with Crippen molar-refractivity contribution in [1.82, 2.24) is 4.90 Å². The van der Waals surface area contributed by atoms with Gasteiger partial charge in [0.2, 0.25) is 0 Å². The largest absolute Gasteiger partial charge is 0.467 e. The third-order valence-corrected chi connectivity index (χ3v) is 3.94. The Balaban J connectivity index is 1.97. The van der Waals surface area contributed by atoms with Crippen molar-refractivity contribution < 1.29 is 4.42 Å². The molecule has 18 heavy (non-hydrogen) atoms. The van der Waals surface area contributed by atoms with E-state index in [2.05, 4.69) is 35.8 Å². The maximum atomic E-state index is 5.66. The van der Waals surface area contributed by atoms with Crippen molar-refractivity contribution in [3.8, 4) is 0 Å². The van der Waals surface area contributed by atoms with Crippen LogP contribution in [0, 0.1) is 5.92 Å². The minimum absolute atomic E-state index is 0.293. The first-order valence-corrected chi connectivity index (χ1v) is 6.65. The van der Waals surface area contributed by atoms with Gasteiger partial charge in [-0.25, -0.2) is 0 Å². The first-order chi connectivity index (χ1) is 8.90. The first-order valence-electron chi connectivity index (χ1n) is 6.65. The van der Waals surface area contributed by atoms with E-state index in [9.17, 15) is 0 Å². The lowest BCUT2D eigenvalue weighted by molar-refractivity contribution is 0.163. The Kier molecular flexibility index (Phi) is 3.20. The maximum absolute atomic E-state index is 5.66. The zero-order chi connectivity index (χ0) is 12.4. The number of likely N-dealkylation sites (tertiary alicyclic amines) is 1. The smallest absolute Gasteiger partial charge is 0.125 e. The monoisotopic (exact) mass is 241 g/mol. The molecule has 1 saturated heterocycles. The number of hydrogen-bond donors (Lipinski definition) is 0. The molecule has 1 aliphatic heterocycles. The summed E-state index contributed by atoms with van der Waals surface area (Å²) >= 11 is 0. The van der Waals surface area contributed by atoms with E-state index in [0.29, 0.717) is 12.0 Å². The molecule has 0 radical (unpaired) electrons. The second kappa shape index (κ2) is 4.99. The van der Waals surface area contributed by atoms with E-state index in [4.69, 9.17) is 4.42 Å². The molecule has 0 aromatic carbocycles. The highest BCUT2D eigenvalue weighted by Gasteiger charge is 2.35. The summed E-state index contributed by atoms with van der Waals surface area (Å²) in [4.78, 5) is 2.45. The van der Waals surface area contributed by atoms with Crippen LogP contribution in [-0.2, 0) is 0 Å². The van der Waals surface area contributed by atoms with Gasteiger partial charge in [-0.15, -0.1) is 6.58 Å². The van der Waals surface area contributed by atoms with Gasteiger partial charge in [-0.1, -0.05) is 24.3 Å². The van der Waals surface area contributed by atoms with Crippen LogP contribution >= 0.6 is 0 Å². The van der Waals surface area contributed by atoms with Crippen LogP contribution in [0.3, 0.4) is 0 Å². The van der Waals surface area contributed by atoms with Gasteiger partial charge in [-0.3, -0.25) is 4.90 Å². The Morgan fingerprint density at radius 2 is 2.44 bits per heavy atom. The van der Waals surface area contributed by atoms with Gasteiger partial charge in [0, 0.05) is 13.1 Å². The number of fused-ring (bicyclic) bond motifs is 1.